The van der Waals surface area contributed by atoms with Gasteiger partial charge in [0.1, 0.15) is 18.3 Å². The highest BCUT2D eigenvalue weighted by atomic mass is 35.5. The Balaban J connectivity index is 2.12. The van der Waals surface area contributed by atoms with Gasteiger partial charge in [-0.1, -0.05) is 49.7 Å². The van der Waals surface area contributed by atoms with E-state index < -0.39 is 33.4 Å². The van der Waals surface area contributed by atoms with E-state index in [2.05, 4.69) is 5.32 Å². The molecule has 1 atom stereocenters. The first-order chi connectivity index (χ1) is 20.4. The number of carbonyl (C=O) groups is 2. The fourth-order valence-corrected chi connectivity index (χ4v) is 6.08. The lowest BCUT2D eigenvalue weighted by Gasteiger charge is -2.33. The maximum absolute atomic E-state index is 14.1. The van der Waals surface area contributed by atoms with E-state index in [1.807, 2.05) is 6.92 Å². The van der Waals surface area contributed by atoms with Crippen molar-refractivity contribution in [2.45, 2.75) is 51.1 Å². The highest BCUT2D eigenvalue weighted by Gasteiger charge is 2.34. The number of rotatable bonds is 14. The van der Waals surface area contributed by atoms with Gasteiger partial charge in [-0.3, -0.25) is 24.0 Å². The molecule has 13 heteroatoms. The molecule has 0 heterocycles. The zero-order chi connectivity index (χ0) is 31.7. The third kappa shape index (κ3) is 8.02. The lowest BCUT2D eigenvalue weighted by atomic mass is 10.1. The normalized spacial score (nSPS) is 11.8. The molecule has 3 aromatic rings. The fourth-order valence-electron chi connectivity index (χ4n) is 4.45. The second-order valence-corrected chi connectivity index (χ2v) is 12.0. The van der Waals surface area contributed by atoms with Crippen molar-refractivity contribution in [1.29, 1.82) is 0 Å². The maximum atomic E-state index is 14.1. The number of hydrogen-bond donors (Lipinski definition) is 1. The van der Waals surface area contributed by atoms with Crippen molar-refractivity contribution in [3.8, 4) is 5.75 Å². The number of benzene rings is 3. The van der Waals surface area contributed by atoms with Crippen molar-refractivity contribution in [2.75, 3.05) is 24.5 Å². The van der Waals surface area contributed by atoms with Crippen molar-refractivity contribution >= 4 is 44.8 Å². The van der Waals surface area contributed by atoms with Crippen LogP contribution in [0.3, 0.4) is 0 Å². The molecule has 0 saturated heterocycles. The summed E-state index contributed by atoms with van der Waals surface area (Å²) in [7, 11) is -3.05. The van der Waals surface area contributed by atoms with E-state index in [4.69, 9.17) is 16.3 Å². The average Bonchev–Trinajstić information content (AvgIpc) is 2.99. The number of anilines is 1. The van der Waals surface area contributed by atoms with Gasteiger partial charge in [0.2, 0.25) is 11.8 Å². The summed E-state index contributed by atoms with van der Waals surface area (Å²) in [6.45, 7) is 4.82. The second-order valence-electron chi connectivity index (χ2n) is 9.74. The lowest BCUT2D eigenvalue weighted by molar-refractivity contribution is -0.385. The number of nitrogens with zero attached hydrogens (tertiary/aromatic N) is 3. The Morgan fingerprint density at radius 1 is 1.07 bits per heavy atom. The van der Waals surface area contributed by atoms with Crippen molar-refractivity contribution in [3.63, 3.8) is 0 Å². The third-order valence-electron chi connectivity index (χ3n) is 6.84. The van der Waals surface area contributed by atoms with Crippen molar-refractivity contribution in [3.05, 3.63) is 93.0 Å². The number of aryl methyl sites for hydroxylation is 1. The molecule has 230 valence electrons. The fraction of sp³-hybridized carbons (Fsp3) is 0.333. The minimum atomic E-state index is -4.51. The molecule has 2 amide bonds. The van der Waals surface area contributed by atoms with Crippen LogP contribution in [0.15, 0.2) is 71.6 Å². The van der Waals surface area contributed by atoms with E-state index in [9.17, 15) is 28.1 Å². The van der Waals surface area contributed by atoms with Gasteiger partial charge in [-0.15, -0.1) is 0 Å². The summed E-state index contributed by atoms with van der Waals surface area (Å²) in [6, 6.07) is 15.5. The van der Waals surface area contributed by atoms with Crippen LogP contribution in [0.4, 0.5) is 11.4 Å². The lowest BCUT2D eigenvalue weighted by Crippen LogP contribution is -2.52. The van der Waals surface area contributed by atoms with Crippen LogP contribution < -0.4 is 14.4 Å². The molecule has 1 N–H and O–H groups in total. The number of amides is 2. The van der Waals surface area contributed by atoms with Crippen LogP contribution in [-0.4, -0.2) is 56.3 Å². The van der Waals surface area contributed by atoms with E-state index >= 15 is 0 Å². The molecule has 0 fully saturated rings. The van der Waals surface area contributed by atoms with E-state index in [0.717, 1.165) is 10.4 Å². The minimum Gasteiger partial charge on any atom is -0.497 e. The number of nitro groups is 1. The second kappa shape index (κ2) is 14.8. The summed E-state index contributed by atoms with van der Waals surface area (Å²) >= 11 is 6.41. The topological polar surface area (TPSA) is 139 Å². The van der Waals surface area contributed by atoms with E-state index in [-0.39, 0.29) is 40.7 Å². The summed E-state index contributed by atoms with van der Waals surface area (Å²) in [5.41, 5.74) is 0.609. The Labute approximate surface area is 256 Å². The summed E-state index contributed by atoms with van der Waals surface area (Å²) in [5.74, 6) is -0.588. The van der Waals surface area contributed by atoms with Gasteiger partial charge >= 0.3 is 0 Å². The quantitative estimate of drug-likeness (QED) is 0.193. The summed E-state index contributed by atoms with van der Waals surface area (Å²) in [4.78, 5) is 39.2. The van der Waals surface area contributed by atoms with Gasteiger partial charge in [-0.2, -0.15) is 0 Å². The summed E-state index contributed by atoms with van der Waals surface area (Å²) in [6.07, 6.45) is 0.942. The number of halogens is 1. The van der Waals surface area contributed by atoms with Crippen molar-refractivity contribution in [1.82, 2.24) is 10.2 Å². The van der Waals surface area contributed by atoms with Crippen LogP contribution in [0.2, 0.25) is 5.02 Å². The first kappa shape index (κ1) is 33.3. The van der Waals surface area contributed by atoms with Gasteiger partial charge in [-0.25, -0.2) is 8.42 Å². The predicted octanol–water partition coefficient (Wildman–Crippen LogP) is 5.09. The smallest absolute Gasteiger partial charge is 0.273 e. The largest absolute Gasteiger partial charge is 0.497 e. The Hall–Kier alpha value is -4.16. The molecule has 0 radical (unpaired) electrons. The molecule has 0 aliphatic rings. The van der Waals surface area contributed by atoms with Crippen LogP contribution in [-0.2, 0) is 26.2 Å². The van der Waals surface area contributed by atoms with Crippen LogP contribution in [0.25, 0.3) is 0 Å². The minimum absolute atomic E-state index is 0.0525. The number of hydrogen-bond acceptors (Lipinski definition) is 7. The Morgan fingerprint density at radius 3 is 2.33 bits per heavy atom. The zero-order valence-corrected chi connectivity index (χ0v) is 26.0. The molecule has 0 saturated carbocycles. The van der Waals surface area contributed by atoms with E-state index in [1.54, 1.807) is 31.2 Å². The number of sulfonamides is 1. The van der Waals surface area contributed by atoms with Gasteiger partial charge in [0.05, 0.1) is 22.6 Å². The predicted molar refractivity (Wildman–Crippen MR) is 165 cm³/mol. The van der Waals surface area contributed by atoms with Crippen LogP contribution in [0, 0.1) is 17.0 Å². The van der Waals surface area contributed by atoms with Gasteiger partial charge in [0.25, 0.3) is 15.7 Å². The molecule has 0 aliphatic heterocycles. The SMILES string of the molecule is CCCNC(=O)C(CC)N(Cc1ccccc1Cl)C(=O)CN(c1ccc(OC)cc1)S(=O)(=O)c1ccc(C)c([N+](=O)[O-])c1. The van der Waals surface area contributed by atoms with E-state index in [0.29, 0.717) is 29.3 Å². The molecule has 43 heavy (non-hydrogen) atoms. The maximum Gasteiger partial charge on any atom is 0.273 e. The van der Waals surface area contributed by atoms with Crippen LogP contribution in [0.5, 0.6) is 5.75 Å². The Bertz CT molecular complexity index is 1560. The third-order valence-corrected chi connectivity index (χ3v) is 8.98. The molecule has 3 aromatic carbocycles. The molecule has 0 spiro atoms. The zero-order valence-electron chi connectivity index (χ0n) is 24.4. The summed E-state index contributed by atoms with van der Waals surface area (Å²) in [5, 5.41) is 14.8. The van der Waals surface area contributed by atoms with Crippen molar-refractivity contribution < 1.29 is 27.7 Å². The molecule has 11 nitrogen and oxygen atoms in total. The number of methoxy groups -OCH3 is 1. The van der Waals surface area contributed by atoms with Gasteiger partial charge < -0.3 is 15.0 Å². The number of nitrogens with one attached hydrogen (secondary N) is 1. The Kier molecular flexibility index (Phi) is 11.5. The van der Waals surface area contributed by atoms with Crippen LogP contribution in [0.1, 0.15) is 37.8 Å². The monoisotopic (exact) mass is 630 g/mol. The van der Waals surface area contributed by atoms with E-state index in [1.165, 1.54) is 55.3 Å². The average molecular weight is 631 g/mol. The Morgan fingerprint density at radius 2 is 1.74 bits per heavy atom. The van der Waals surface area contributed by atoms with Gasteiger partial charge in [-0.05, 0) is 61.7 Å². The number of carbonyl (C=O) groups excluding carboxylic acids is 2. The molecule has 0 aliphatic carbocycles. The standard InChI is InChI=1S/C30H35ClN4O7S/c1-5-17-32-30(37)27(6-2)33(19-22-9-7-8-10-26(22)31)29(36)20-34(23-12-14-24(42-4)15-13-23)43(40,41)25-16-11-21(3)28(18-25)35(38)39/h7-16,18,27H,5-6,17,19-20H2,1-4H3,(H,32,37). The van der Waals surface area contributed by atoms with Gasteiger partial charge in [0, 0.05) is 29.7 Å². The summed E-state index contributed by atoms with van der Waals surface area (Å²) < 4.78 is 34.2. The van der Waals surface area contributed by atoms with Crippen LogP contribution >= 0.6 is 11.6 Å². The molecule has 3 rings (SSSR count). The molecular formula is C30H35ClN4O7S. The highest BCUT2D eigenvalue weighted by Crippen LogP contribution is 2.30. The first-order valence-corrected chi connectivity index (χ1v) is 15.5. The number of nitro benzene ring substituents is 1. The first-order valence-electron chi connectivity index (χ1n) is 13.7. The highest BCUT2D eigenvalue weighted by molar-refractivity contribution is 7.92. The van der Waals surface area contributed by atoms with Gasteiger partial charge in [0.15, 0.2) is 0 Å². The van der Waals surface area contributed by atoms with Crippen molar-refractivity contribution in [2.24, 2.45) is 0 Å². The number of ether oxygens (including phenoxy) is 1. The molecule has 0 aromatic heterocycles. The molecular weight excluding hydrogens is 596 g/mol. The molecule has 0 bridgehead atoms. The molecule has 1 unspecified atom stereocenters.